The predicted molar refractivity (Wildman–Crippen MR) is 102 cm³/mol. The Morgan fingerprint density at radius 1 is 0.893 bits per heavy atom. The highest BCUT2D eigenvalue weighted by atomic mass is 16.2. The average molecular weight is 372 g/mol. The van der Waals surface area contributed by atoms with Gasteiger partial charge in [0.05, 0.1) is 12.1 Å². The summed E-state index contributed by atoms with van der Waals surface area (Å²) in [6.45, 7) is 0.562. The molecule has 0 saturated heterocycles. The fourth-order valence-corrected chi connectivity index (χ4v) is 2.71. The molecule has 2 aromatic heterocycles. The third-order valence-electron chi connectivity index (χ3n) is 4.15. The Balaban J connectivity index is 1.37. The number of rotatable bonds is 4. The number of hydrazine groups is 1. The van der Waals surface area contributed by atoms with Gasteiger partial charge in [-0.1, -0.05) is 36.4 Å². The van der Waals surface area contributed by atoms with Crippen LogP contribution < -0.4 is 10.9 Å². The van der Waals surface area contributed by atoms with Crippen LogP contribution in [0.15, 0.2) is 73.3 Å². The number of hydrogen-bond donors (Lipinski definition) is 2. The molecule has 0 atom stereocenters. The van der Waals surface area contributed by atoms with E-state index in [1.54, 1.807) is 29.2 Å². The summed E-state index contributed by atoms with van der Waals surface area (Å²) >= 11 is 0. The number of pyridine rings is 1. The van der Waals surface area contributed by atoms with Crippen LogP contribution in [0.25, 0.3) is 10.9 Å². The van der Waals surface area contributed by atoms with Crippen molar-refractivity contribution >= 4 is 22.7 Å². The quantitative estimate of drug-likeness (QED) is 0.533. The highest BCUT2D eigenvalue weighted by Gasteiger charge is 2.11. The molecule has 28 heavy (non-hydrogen) atoms. The van der Waals surface area contributed by atoms with E-state index < -0.39 is 11.8 Å². The number of carbonyl (C=O) groups excluding carboxylic acids is 2. The summed E-state index contributed by atoms with van der Waals surface area (Å²) in [5.41, 5.74) is 7.13. The van der Waals surface area contributed by atoms with Gasteiger partial charge in [0.25, 0.3) is 11.8 Å². The number of nitrogens with zero attached hydrogens (tertiary/aromatic N) is 4. The third-order valence-corrected chi connectivity index (χ3v) is 4.15. The van der Waals surface area contributed by atoms with Gasteiger partial charge in [0.15, 0.2) is 0 Å². The van der Waals surface area contributed by atoms with Crippen LogP contribution in [0.3, 0.4) is 0 Å². The normalized spacial score (nSPS) is 10.6. The smallest absolute Gasteiger partial charge is 0.267 e. The molecule has 0 aliphatic carbocycles. The molecule has 2 amide bonds. The zero-order valence-electron chi connectivity index (χ0n) is 14.7. The summed E-state index contributed by atoms with van der Waals surface area (Å²) < 4.78 is 1.69. The number of benzene rings is 2. The number of hydrogen-bond acceptors (Lipinski definition) is 5. The van der Waals surface area contributed by atoms with Crippen LogP contribution in [0.5, 0.6) is 0 Å². The standard InChI is InChI=1S/C20H16N6O2/c27-19(16-7-5-14(6-8-16)11-26-13-21-12-22-26)24-25-20(28)18-10-9-15-3-1-2-4-17(15)23-18/h1-10,12-13H,11H2,(H,24,27)(H,25,28). The number of fused-ring (bicyclic) bond motifs is 1. The molecule has 2 heterocycles. The molecule has 4 rings (SSSR count). The highest BCUT2D eigenvalue weighted by molar-refractivity contribution is 5.99. The number of nitrogens with one attached hydrogen (secondary N) is 2. The van der Waals surface area contributed by atoms with Crippen molar-refractivity contribution < 1.29 is 9.59 Å². The van der Waals surface area contributed by atoms with E-state index in [1.807, 2.05) is 42.5 Å². The minimum atomic E-state index is -0.484. The Morgan fingerprint density at radius 3 is 2.46 bits per heavy atom. The van der Waals surface area contributed by atoms with Gasteiger partial charge in [-0.15, -0.1) is 0 Å². The lowest BCUT2D eigenvalue weighted by Gasteiger charge is -2.08. The van der Waals surface area contributed by atoms with Crippen LogP contribution in [0.2, 0.25) is 0 Å². The fourth-order valence-electron chi connectivity index (χ4n) is 2.71. The van der Waals surface area contributed by atoms with E-state index in [0.29, 0.717) is 17.6 Å². The summed E-state index contributed by atoms with van der Waals surface area (Å²) in [6.07, 6.45) is 3.09. The molecule has 0 unspecified atom stereocenters. The SMILES string of the molecule is O=C(NNC(=O)c1ccc2ccccc2n1)c1ccc(Cn2cncn2)cc1. The summed E-state index contributed by atoms with van der Waals surface area (Å²) in [7, 11) is 0. The van der Waals surface area contributed by atoms with Gasteiger partial charge in [-0.05, 0) is 29.8 Å². The molecular formula is C20H16N6O2. The van der Waals surface area contributed by atoms with Gasteiger partial charge in [0.2, 0.25) is 0 Å². The first-order chi connectivity index (χ1) is 13.7. The van der Waals surface area contributed by atoms with Gasteiger partial charge in [0.1, 0.15) is 18.3 Å². The van der Waals surface area contributed by atoms with Crippen molar-refractivity contribution in [1.29, 1.82) is 0 Å². The van der Waals surface area contributed by atoms with Gasteiger partial charge in [-0.3, -0.25) is 20.4 Å². The predicted octanol–water partition coefficient (Wildman–Crippen LogP) is 1.95. The maximum Gasteiger partial charge on any atom is 0.288 e. The van der Waals surface area contributed by atoms with E-state index in [0.717, 1.165) is 10.9 Å². The monoisotopic (exact) mass is 372 g/mol. The van der Waals surface area contributed by atoms with E-state index in [1.165, 1.54) is 6.33 Å². The average Bonchev–Trinajstić information content (AvgIpc) is 3.25. The first-order valence-electron chi connectivity index (χ1n) is 8.57. The Hall–Kier alpha value is -4.07. The van der Waals surface area contributed by atoms with Crippen molar-refractivity contribution in [2.75, 3.05) is 0 Å². The van der Waals surface area contributed by atoms with Crippen LogP contribution in [0.1, 0.15) is 26.4 Å². The molecule has 2 aromatic carbocycles. The maximum absolute atomic E-state index is 12.3. The number of para-hydroxylation sites is 1. The van der Waals surface area contributed by atoms with Crippen molar-refractivity contribution in [2.24, 2.45) is 0 Å². The second-order valence-corrected chi connectivity index (χ2v) is 6.09. The topological polar surface area (TPSA) is 102 Å². The minimum absolute atomic E-state index is 0.224. The van der Waals surface area contributed by atoms with Crippen LogP contribution in [-0.2, 0) is 6.54 Å². The van der Waals surface area contributed by atoms with E-state index >= 15 is 0 Å². The van der Waals surface area contributed by atoms with E-state index in [2.05, 4.69) is 25.9 Å². The zero-order valence-corrected chi connectivity index (χ0v) is 14.7. The molecule has 8 nitrogen and oxygen atoms in total. The van der Waals surface area contributed by atoms with Crippen LogP contribution in [0.4, 0.5) is 0 Å². The Kier molecular flexibility index (Phi) is 4.75. The molecule has 0 aliphatic heterocycles. The molecule has 2 N–H and O–H groups in total. The van der Waals surface area contributed by atoms with Crippen molar-refractivity contribution in [2.45, 2.75) is 6.54 Å². The Bertz CT molecular complexity index is 1120. The zero-order chi connectivity index (χ0) is 19.3. The summed E-state index contributed by atoms with van der Waals surface area (Å²) in [6, 6.07) is 17.9. The van der Waals surface area contributed by atoms with Gasteiger partial charge in [-0.25, -0.2) is 14.6 Å². The molecule has 0 fully saturated rings. The molecule has 8 heteroatoms. The number of carbonyl (C=O) groups is 2. The fraction of sp³-hybridized carbons (Fsp3) is 0.0500. The van der Waals surface area contributed by atoms with E-state index in [9.17, 15) is 9.59 Å². The second-order valence-electron chi connectivity index (χ2n) is 6.09. The summed E-state index contributed by atoms with van der Waals surface area (Å²) in [5.74, 6) is -0.900. The van der Waals surface area contributed by atoms with Crippen molar-refractivity contribution in [3.8, 4) is 0 Å². The summed E-state index contributed by atoms with van der Waals surface area (Å²) in [4.78, 5) is 32.7. The Morgan fingerprint density at radius 2 is 1.68 bits per heavy atom. The lowest BCUT2D eigenvalue weighted by molar-refractivity contribution is 0.0844. The molecule has 138 valence electrons. The number of aromatic nitrogens is 4. The molecular weight excluding hydrogens is 356 g/mol. The maximum atomic E-state index is 12.3. The lowest BCUT2D eigenvalue weighted by atomic mass is 10.1. The molecule has 0 saturated carbocycles. The molecule has 0 bridgehead atoms. The van der Waals surface area contributed by atoms with Crippen molar-refractivity contribution in [3.05, 3.63) is 90.1 Å². The van der Waals surface area contributed by atoms with Gasteiger partial charge in [0, 0.05) is 10.9 Å². The minimum Gasteiger partial charge on any atom is -0.267 e. The summed E-state index contributed by atoms with van der Waals surface area (Å²) in [5, 5.41) is 4.98. The molecule has 0 radical (unpaired) electrons. The van der Waals surface area contributed by atoms with Crippen LogP contribution in [-0.4, -0.2) is 31.6 Å². The van der Waals surface area contributed by atoms with Crippen LogP contribution in [0, 0.1) is 0 Å². The molecule has 0 spiro atoms. The largest absolute Gasteiger partial charge is 0.288 e. The van der Waals surface area contributed by atoms with Crippen molar-refractivity contribution in [3.63, 3.8) is 0 Å². The first kappa shape index (κ1) is 17.3. The van der Waals surface area contributed by atoms with Gasteiger partial charge in [-0.2, -0.15) is 5.10 Å². The van der Waals surface area contributed by atoms with E-state index in [4.69, 9.17) is 0 Å². The second kappa shape index (κ2) is 7.67. The van der Waals surface area contributed by atoms with E-state index in [-0.39, 0.29) is 5.69 Å². The third kappa shape index (κ3) is 3.85. The van der Waals surface area contributed by atoms with Crippen LogP contribution >= 0.6 is 0 Å². The molecule has 4 aromatic rings. The lowest BCUT2D eigenvalue weighted by Crippen LogP contribution is -2.41. The number of amides is 2. The van der Waals surface area contributed by atoms with Gasteiger partial charge < -0.3 is 0 Å². The molecule has 0 aliphatic rings. The first-order valence-corrected chi connectivity index (χ1v) is 8.57. The van der Waals surface area contributed by atoms with Crippen molar-refractivity contribution in [1.82, 2.24) is 30.6 Å². The highest BCUT2D eigenvalue weighted by Crippen LogP contribution is 2.11. The van der Waals surface area contributed by atoms with Gasteiger partial charge >= 0.3 is 0 Å². The Labute approximate surface area is 160 Å².